The molecule has 10 heteroatoms. The molecule has 2 heterocycles. The van der Waals surface area contributed by atoms with Crippen molar-refractivity contribution in [2.24, 2.45) is 0 Å². The second-order valence-electron chi connectivity index (χ2n) is 8.37. The molecule has 4 rings (SSSR count). The van der Waals surface area contributed by atoms with E-state index in [1.165, 1.54) is 16.8 Å². The Bertz CT molecular complexity index is 1200. The van der Waals surface area contributed by atoms with Crippen LogP contribution in [0.5, 0.6) is 0 Å². The van der Waals surface area contributed by atoms with E-state index in [1.54, 1.807) is 23.3 Å². The minimum atomic E-state index is -1.51. The van der Waals surface area contributed by atoms with Crippen molar-refractivity contribution >= 4 is 27.5 Å². The van der Waals surface area contributed by atoms with E-state index >= 15 is 0 Å². The SMILES string of the molecule is CN(C(=O)CCc1nc2ccccc2s1)[C@H]1CC[C@@](O)(Cn2ccc(=O)[nH]c2=O)[C@H](O)C1. The van der Waals surface area contributed by atoms with Crippen LogP contribution in [0.3, 0.4) is 0 Å². The van der Waals surface area contributed by atoms with Gasteiger partial charge in [-0.1, -0.05) is 12.1 Å². The van der Waals surface area contributed by atoms with Gasteiger partial charge in [0.2, 0.25) is 5.91 Å². The topological polar surface area (TPSA) is 129 Å². The van der Waals surface area contributed by atoms with Gasteiger partial charge in [-0.05, 0) is 31.4 Å². The van der Waals surface area contributed by atoms with Crippen LogP contribution in [-0.4, -0.2) is 60.3 Å². The van der Waals surface area contributed by atoms with Gasteiger partial charge in [-0.25, -0.2) is 9.78 Å². The maximum atomic E-state index is 12.7. The van der Waals surface area contributed by atoms with Crippen molar-refractivity contribution in [2.75, 3.05) is 7.05 Å². The van der Waals surface area contributed by atoms with Gasteiger partial charge in [0.05, 0.1) is 27.9 Å². The molecule has 9 nitrogen and oxygen atoms in total. The molecule has 3 N–H and O–H groups in total. The number of para-hydroxylation sites is 1. The molecule has 0 bridgehead atoms. The van der Waals surface area contributed by atoms with E-state index in [2.05, 4.69) is 9.97 Å². The largest absolute Gasteiger partial charge is 0.390 e. The van der Waals surface area contributed by atoms with Gasteiger partial charge in [0.1, 0.15) is 5.60 Å². The number of rotatable bonds is 6. The number of carbonyl (C=O) groups excluding carboxylic acids is 1. The number of nitrogens with zero attached hydrogens (tertiary/aromatic N) is 3. The number of hydrogen-bond acceptors (Lipinski definition) is 7. The van der Waals surface area contributed by atoms with Crippen LogP contribution in [-0.2, 0) is 17.8 Å². The molecule has 0 spiro atoms. The molecular formula is C22H26N4O5S. The Balaban J connectivity index is 1.34. The zero-order valence-electron chi connectivity index (χ0n) is 17.7. The van der Waals surface area contributed by atoms with Crippen LogP contribution in [0.1, 0.15) is 30.7 Å². The fourth-order valence-electron chi connectivity index (χ4n) is 4.20. The van der Waals surface area contributed by atoms with Gasteiger partial charge in [0, 0.05) is 38.2 Å². The molecular weight excluding hydrogens is 432 g/mol. The number of carbonyl (C=O) groups is 1. The number of amides is 1. The van der Waals surface area contributed by atoms with Crippen LogP contribution in [0.2, 0.25) is 0 Å². The van der Waals surface area contributed by atoms with Crippen LogP contribution in [0.15, 0.2) is 46.1 Å². The van der Waals surface area contributed by atoms with Crippen molar-refractivity contribution < 1.29 is 15.0 Å². The second-order valence-corrected chi connectivity index (χ2v) is 9.48. The summed E-state index contributed by atoms with van der Waals surface area (Å²) in [7, 11) is 1.72. The van der Waals surface area contributed by atoms with E-state index in [1.807, 2.05) is 24.3 Å². The van der Waals surface area contributed by atoms with Crippen molar-refractivity contribution in [3.8, 4) is 0 Å². The average Bonchev–Trinajstić information content (AvgIpc) is 3.19. The third-order valence-electron chi connectivity index (χ3n) is 6.20. The predicted molar refractivity (Wildman–Crippen MR) is 121 cm³/mol. The van der Waals surface area contributed by atoms with Crippen molar-refractivity contribution in [1.29, 1.82) is 0 Å². The number of fused-ring (bicyclic) bond motifs is 1. The van der Waals surface area contributed by atoms with Gasteiger partial charge >= 0.3 is 5.69 Å². The van der Waals surface area contributed by atoms with Crippen LogP contribution < -0.4 is 11.2 Å². The zero-order chi connectivity index (χ0) is 22.9. The molecule has 1 saturated carbocycles. The normalized spacial score (nSPS) is 23.3. The molecule has 1 aliphatic carbocycles. The fourth-order valence-corrected chi connectivity index (χ4v) is 5.17. The van der Waals surface area contributed by atoms with Crippen LogP contribution in [0, 0.1) is 0 Å². The van der Waals surface area contributed by atoms with E-state index < -0.39 is 23.0 Å². The summed E-state index contributed by atoms with van der Waals surface area (Å²) in [6.07, 6.45) is 1.99. The number of hydrogen-bond donors (Lipinski definition) is 3. The van der Waals surface area contributed by atoms with E-state index in [9.17, 15) is 24.6 Å². The van der Waals surface area contributed by atoms with Gasteiger partial charge in [-0.15, -0.1) is 11.3 Å². The molecule has 0 radical (unpaired) electrons. The number of nitrogens with one attached hydrogen (secondary N) is 1. The molecule has 0 unspecified atom stereocenters. The van der Waals surface area contributed by atoms with E-state index in [-0.39, 0.29) is 31.3 Å². The standard InChI is InChI=1S/C22H26N4O5S/c1-25(20(29)7-6-19-23-15-4-2-3-5-16(15)32-19)14-8-10-22(31,17(27)12-14)13-26-11-9-18(28)24-21(26)30/h2-5,9,11,14,17,27,31H,6-8,10,12-13H2,1H3,(H,24,28,30)/t14-,17+,22+/m0/s1. The third-order valence-corrected chi connectivity index (χ3v) is 7.30. The van der Waals surface area contributed by atoms with Crippen molar-refractivity contribution in [1.82, 2.24) is 19.4 Å². The van der Waals surface area contributed by atoms with Crippen molar-refractivity contribution in [3.05, 3.63) is 62.4 Å². The van der Waals surface area contributed by atoms with Gasteiger partial charge in [0.25, 0.3) is 5.56 Å². The number of aliphatic hydroxyl groups excluding tert-OH is 1. The van der Waals surface area contributed by atoms with E-state index in [0.29, 0.717) is 19.3 Å². The number of aromatic nitrogens is 3. The first-order chi connectivity index (χ1) is 15.2. The highest BCUT2D eigenvalue weighted by Crippen LogP contribution is 2.32. The first-order valence-electron chi connectivity index (χ1n) is 10.6. The second kappa shape index (κ2) is 8.97. The molecule has 2 aromatic heterocycles. The Kier molecular flexibility index (Phi) is 6.27. The quantitative estimate of drug-likeness (QED) is 0.503. The lowest BCUT2D eigenvalue weighted by Crippen LogP contribution is -2.55. The summed E-state index contributed by atoms with van der Waals surface area (Å²) in [5.41, 5.74) is -1.73. The lowest BCUT2D eigenvalue weighted by molar-refractivity contribution is -0.143. The Morgan fingerprint density at radius 1 is 1.34 bits per heavy atom. The average molecular weight is 459 g/mol. The minimum Gasteiger partial charge on any atom is -0.390 e. The number of aryl methyl sites for hydroxylation is 1. The molecule has 1 aliphatic rings. The van der Waals surface area contributed by atoms with Crippen LogP contribution in [0.25, 0.3) is 10.2 Å². The molecule has 0 saturated heterocycles. The maximum absolute atomic E-state index is 12.7. The van der Waals surface area contributed by atoms with Gasteiger partial charge in [-0.2, -0.15) is 0 Å². The third kappa shape index (κ3) is 4.67. The summed E-state index contributed by atoms with van der Waals surface area (Å²) in [6.45, 7) is -0.133. The molecule has 3 aromatic rings. The highest BCUT2D eigenvalue weighted by Gasteiger charge is 2.43. The monoisotopic (exact) mass is 458 g/mol. The minimum absolute atomic E-state index is 0.0382. The molecule has 3 atom stereocenters. The summed E-state index contributed by atoms with van der Waals surface area (Å²) in [6, 6.07) is 8.85. The maximum Gasteiger partial charge on any atom is 0.328 e. The number of H-pyrrole nitrogens is 1. The Hall–Kier alpha value is -2.82. The summed E-state index contributed by atoms with van der Waals surface area (Å²) in [5.74, 6) is -0.0382. The first kappa shape index (κ1) is 22.4. The van der Waals surface area contributed by atoms with Gasteiger partial charge in [0.15, 0.2) is 0 Å². The molecule has 1 fully saturated rings. The van der Waals surface area contributed by atoms with Crippen molar-refractivity contribution in [2.45, 2.75) is 56.4 Å². The summed E-state index contributed by atoms with van der Waals surface area (Å²) in [4.78, 5) is 44.2. The molecule has 1 aromatic carbocycles. The molecule has 0 aliphatic heterocycles. The summed E-state index contributed by atoms with van der Waals surface area (Å²) in [5, 5.41) is 22.5. The number of aromatic amines is 1. The number of aliphatic hydroxyl groups is 2. The van der Waals surface area contributed by atoms with Crippen LogP contribution in [0.4, 0.5) is 0 Å². The smallest absolute Gasteiger partial charge is 0.328 e. The zero-order valence-corrected chi connectivity index (χ0v) is 18.5. The Labute approximate surface area is 188 Å². The molecule has 170 valence electrons. The number of thiazole rings is 1. The summed E-state index contributed by atoms with van der Waals surface area (Å²) >= 11 is 1.58. The van der Waals surface area contributed by atoms with Gasteiger partial charge < -0.3 is 15.1 Å². The fraction of sp³-hybridized carbons (Fsp3) is 0.455. The lowest BCUT2D eigenvalue weighted by atomic mass is 9.79. The van der Waals surface area contributed by atoms with E-state index in [0.717, 1.165) is 15.2 Å². The van der Waals surface area contributed by atoms with E-state index in [4.69, 9.17) is 0 Å². The first-order valence-corrected chi connectivity index (χ1v) is 11.4. The highest BCUT2D eigenvalue weighted by molar-refractivity contribution is 7.18. The Morgan fingerprint density at radius 3 is 2.84 bits per heavy atom. The number of benzene rings is 1. The van der Waals surface area contributed by atoms with Crippen molar-refractivity contribution in [3.63, 3.8) is 0 Å². The Morgan fingerprint density at radius 2 is 2.12 bits per heavy atom. The highest BCUT2D eigenvalue weighted by atomic mass is 32.1. The van der Waals surface area contributed by atoms with Crippen LogP contribution >= 0.6 is 11.3 Å². The molecule has 32 heavy (non-hydrogen) atoms. The lowest BCUT2D eigenvalue weighted by Gasteiger charge is -2.43. The predicted octanol–water partition coefficient (Wildman–Crippen LogP) is 0.882. The van der Waals surface area contributed by atoms with Gasteiger partial charge in [-0.3, -0.25) is 19.1 Å². The molecule has 1 amide bonds. The summed E-state index contributed by atoms with van der Waals surface area (Å²) < 4.78 is 2.28.